The van der Waals surface area contributed by atoms with Crippen molar-refractivity contribution in [1.82, 2.24) is 4.90 Å². The average molecular weight is 446 g/mol. The molecular weight excluding hydrogens is 398 g/mol. The van der Waals surface area contributed by atoms with Crippen molar-refractivity contribution in [1.29, 1.82) is 0 Å². The molecular formula is C27H47N3O2. The first-order chi connectivity index (χ1) is 15.4. The summed E-state index contributed by atoms with van der Waals surface area (Å²) in [6.45, 7) is 5.25. The van der Waals surface area contributed by atoms with Crippen molar-refractivity contribution in [3.05, 3.63) is 0 Å². The van der Waals surface area contributed by atoms with Crippen LogP contribution >= 0.6 is 0 Å². The number of nitrogens with zero attached hydrogens (tertiary/aromatic N) is 2. The maximum atomic E-state index is 13.9. The molecule has 2 saturated carbocycles. The van der Waals surface area contributed by atoms with Gasteiger partial charge in [-0.25, -0.2) is 0 Å². The summed E-state index contributed by atoms with van der Waals surface area (Å²) in [7, 11) is 0. The summed E-state index contributed by atoms with van der Waals surface area (Å²) < 4.78 is 0. The number of rotatable bonds is 10. The summed E-state index contributed by atoms with van der Waals surface area (Å²) in [4.78, 5) is 32.4. The van der Waals surface area contributed by atoms with E-state index >= 15 is 0 Å². The van der Waals surface area contributed by atoms with Crippen LogP contribution < -0.4 is 5.73 Å². The minimum absolute atomic E-state index is 0.176. The lowest BCUT2D eigenvalue weighted by Crippen LogP contribution is -2.43. The van der Waals surface area contributed by atoms with E-state index in [1.165, 1.54) is 64.2 Å². The fourth-order valence-electron chi connectivity index (χ4n) is 6.68. The molecule has 3 aliphatic rings. The van der Waals surface area contributed by atoms with Gasteiger partial charge in [0.1, 0.15) is 5.54 Å². The molecule has 1 amide bonds. The molecule has 1 unspecified atom stereocenters. The Hall–Kier alpha value is -1.39. The van der Waals surface area contributed by atoms with E-state index in [1.54, 1.807) is 6.92 Å². The number of hydrogen-bond donors (Lipinski definition) is 1. The van der Waals surface area contributed by atoms with E-state index in [9.17, 15) is 9.59 Å². The molecule has 5 nitrogen and oxygen atoms in total. The lowest BCUT2D eigenvalue weighted by molar-refractivity contribution is -0.128. The third-order valence-corrected chi connectivity index (χ3v) is 8.36. The highest BCUT2D eigenvalue weighted by Crippen LogP contribution is 2.41. The van der Waals surface area contributed by atoms with E-state index in [4.69, 9.17) is 10.7 Å². The maximum absolute atomic E-state index is 13.9. The highest BCUT2D eigenvalue weighted by Gasteiger charge is 2.42. The van der Waals surface area contributed by atoms with Crippen LogP contribution in [0.3, 0.4) is 0 Å². The number of nitrogens with two attached hydrogens (primary N) is 1. The largest absolute Gasteiger partial charge is 0.388 e. The second-order valence-corrected chi connectivity index (χ2v) is 11.1. The summed E-state index contributed by atoms with van der Waals surface area (Å²) in [6.07, 6.45) is 18.2. The van der Waals surface area contributed by atoms with Crippen LogP contribution in [0.25, 0.3) is 0 Å². The zero-order valence-electron chi connectivity index (χ0n) is 20.7. The molecule has 2 N–H and O–H groups in total. The average Bonchev–Trinajstić information content (AvgIpc) is 3.24. The zero-order chi connectivity index (χ0) is 23.0. The number of amides is 1. The second-order valence-electron chi connectivity index (χ2n) is 11.1. The van der Waals surface area contributed by atoms with E-state index < -0.39 is 5.54 Å². The monoisotopic (exact) mass is 445 g/mol. The van der Waals surface area contributed by atoms with Crippen LogP contribution in [-0.2, 0) is 9.59 Å². The van der Waals surface area contributed by atoms with Crippen molar-refractivity contribution in [2.24, 2.45) is 28.5 Å². The van der Waals surface area contributed by atoms with Crippen LogP contribution in [0.15, 0.2) is 4.99 Å². The quantitative estimate of drug-likeness (QED) is 0.349. The Labute approximate surface area is 196 Å². The summed E-state index contributed by atoms with van der Waals surface area (Å²) in [6, 6.07) is 0. The van der Waals surface area contributed by atoms with Gasteiger partial charge in [-0.3, -0.25) is 14.6 Å². The lowest BCUT2D eigenvalue weighted by atomic mass is 9.70. The summed E-state index contributed by atoms with van der Waals surface area (Å²) in [5.74, 6) is 2.84. The standard InChI is InChI=1S/C27H47N3O2/c1-21(28)29-27(18-23-10-5-3-6-11-23,19-24-12-7-4-8-13-24)26(32)15-9-14-25-16-17-30(20-25)22(2)31/h23-25H,3-20H2,1-2H3,(H2,28,29). The van der Waals surface area contributed by atoms with Crippen LogP contribution in [0.5, 0.6) is 0 Å². The van der Waals surface area contributed by atoms with Gasteiger partial charge in [0.2, 0.25) is 5.91 Å². The molecule has 0 radical (unpaired) electrons. The predicted octanol–water partition coefficient (Wildman–Crippen LogP) is 5.65. The highest BCUT2D eigenvalue weighted by atomic mass is 16.2. The summed E-state index contributed by atoms with van der Waals surface area (Å²) in [5, 5.41) is 0. The number of carbonyl (C=O) groups is 2. The van der Waals surface area contributed by atoms with Gasteiger partial charge in [0.05, 0.1) is 5.84 Å². The molecule has 32 heavy (non-hydrogen) atoms. The number of ketones is 1. The molecule has 0 aromatic carbocycles. The number of Topliss-reactive ketones (excluding diaryl/α,β-unsaturated/α-hetero) is 1. The van der Waals surface area contributed by atoms with Crippen molar-refractivity contribution in [3.8, 4) is 0 Å². The van der Waals surface area contributed by atoms with E-state index in [2.05, 4.69) is 0 Å². The van der Waals surface area contributed by atoms with Gasteiger partial charge in [0.15, 0.2) is 5.78 Å². The molecule has 3 rings (SSSR count). The molecule has 1 atom stereocenters. The van der Waals surface area contributed by atoms with Crippen LogP contribution in [0.2, 0.25) is 0 Å². The zero-order valence-corrected chi connectivity index (χ0v) is 20.7. The first-order valence-electron chi connectivity index (χ1n) is 13.5. The molecule has 0 bridgehead atoms. The fraction of sp³-hybridized carbons (Fsp3) is 0.889. The molecule has 0 aromatic heterocycles. The maximum Gasteiger partial charge on any atom is 0.219 e. The smallest absolute Gasteiger partial charge is 0.219 e. The van der Waals surface area contributed by atoms with Crippen LogP contribution in [0, 0.1) is 17.8 Å². The van der Waals surface area contributed by atoms with Gasteiger partial charge >= 0.3 is 0 Å². The molecule has 0 spiro atoms. The number of carbonyl (C=O) groups excluding carboxylic acids is 2. The summed E-state index contributed by atoms with van der Waals surface area (Å²) in [5.41, 5.74) is 5.55. The molecule has 1 heterocycles. The molecule has 1 saturated heterocycles. The molecule has 1 aliphatic heterocycles. The SMILES string of the molecule is CC(=O)N1CCC(CCCC(=O)C(CC2CCCCC2)(CC2CCCCC2)N=C(C)N)C1. The van der Waals surface area contributed by atoms with E-state index in [-0.39, 0.29) is 5.91 Å². The van der Waals surface area contributed by atoms with Gasteiger partial charge in [0, 0.05) is 26.4 Å². The van der Waals surface area contributed by atoms with Gasteiger partial charge in [-0.1, -0.05) is 64.2 Å². The number of aliphatic imine (C=N–C) groups is 1. The first kappa shape index (κ1) is 25.2. The minimum atomic E-state index is -0.607. The van der Waals surface area contributed by atoms with Crippen LogP contribution in [0.4, 0.5) is 0 Å². The van der Waals surface area contributed by atoms with Crippen molar-refractivity contribution in [2.45, 2.75) is 122 Å². The van der Waals surface area contributed by atoms with Crippen molar-refractivity contribution < 1.29 is 9.59 Å². The Balaban J connectivity index is 1.67. The Morgan fingerprint density at radius 1 is 0.875 bits per heavy atom. The lowest BCUT2D eigenvalue weighted by Gasteiger charge is -2.37. The Morgan fingerprint density at radius 3 is 1.91 bits per heavy atom. The van der Waals surface area contributed by atoms with Crippen molar-refractivity contribution >= 4 is 17.5 Å². The molecule has 182 valence electrons. The van der Waals surface area contributed by atoms with Gasteiger partial charge in [-0.2, -0.15) is 0 Å². The first-order valence-corrected chi connectivity index (χ1v) is 13.5. The molecule has 0 aromatic rings. The Kier molecular flexibility index (Phi) is 9.61. The van der Waals surface area contributed by atoms with Gasteiger partial charge in [-0.05, 0) is 56.8 Å². The molecule has 3 fully saturated rings. The highest BCUT2D eigenvalue weighted by molar-refractivity contribution is 5.92. The molecule has 2 aliphatic carbocycles. The van der Waals surface area contributed by atoms with Crippen molar-refractivity contribution in [2.75, 3.05) is 13.1 Å². The van der Waals surface area contributed by atoms with Gasteiger partial charge in [-0.15, -0.1) is 0 Å². The fourth-order valence-corrected chi connectivity index (χ4v) is 6.68. The third-order valence-electron chi connectivity index (χ3n) is 8.36. The normalized spacial score (nSPS) is 24.1. The molecule has 5 heteroatoms. The van der Waals surface area contributed by atoms with E-state index in [0.29, 0.717) is 35.8 Å². The Morgan fingerprint density at radius 2 is 1.44 bits per heavy atom. The van der Waals surface area contributed by atoms with E-state index in [0.717, 1.165) is 45.2 Å². The number of hydrogen-bond acceptors (Lipinski definition) is 3. The topological polar surface area (TPSA) is 75.8 Å². The van der Waals surface area contributed by atoms with Gasteiger partial charge in [0.25, 0.3) is 0 Å². The number of likely N-dealkylation sites (tertiary alicyclic amines) is 1. The van der Waals surface area contributed by atoms with Gasteiger partial charge < -0.3 is 10.6 Å². The van der Waals surface area contributed by atoms with Crippen LogP contribution in [0.1, 0.15) is 117 Å². The third kappa shape index (κ3) is 7.31. The Bertz CT molecular complexity index is 623. The van der Waals surface area contributed by atoms with Crippen LogP contribution in [-0.4, -0.2) is 41.1 Å². The predicted molar refractivity (Wildman–Crippen MR) is 132 cm³/mol. The van der Waals surface area contributed by atoms with E-state index in [1.807, 2.05) is 11.8 Å². The minimum Gasteiger partial charge on any atom is -0.388 e. The second kappa shape index (κ2) is 12.2. The van der Waals surface area contributed by atoms with Crippen molar-refractivity contribution in [3.63, 3.8) is 0 Å². The number of amidine groups is 1. The summed E-state index contributed by atoms with van der Waals surface area (Å²) >= 11 is 0.